The van der Waals surface area contributed by atoms with Crippen LogP contribution in [-0.4, -0.2) is 4.98 Å². The lowest BCUT2D eigenvalue weighted by atomic mass is 10.1. The van der Waals surface area contributed by atoms with Crippen LogP contribution in [0.15, 0.2) is 36.5 Å². The second kappa shape index (κ2) is 3.57. The van der Waals surface area contributed by atoms with Crippen molar-refractivity contribution in [3.05, 3.63) is 47.2 Å². The Hall–Kier alpha value is -1.72. The van der Waals surface area contributed by atoms with Crippen LogP contribution in [0.3, 0.4) is 0 Å². The second-order valence-electron chi connectivity index (χ2n) is 2.86. The molecule has 3 heteroatoms. The molecule has 0 amide bonds. The Morgan fingerprint density at radius 1 is 1.14 bits per heavy atom. The summed E-state index contributed by atoms with van der Waals surface area (Å²) in [5.41, 5.74) is 2.27. The minimum Gasteiger partial charge on any atom is -0.353 e. The maximum absolute atomic E-state index is 8.84. The highest BCUT2D eigenvalue weighted by Crippen LogP contribution is 2.29. The van der Waals surface area contributed by atoms with E-state index in [4.69, 9.17) is 16.9 Å². The van der Waals surface area contributed by atoms with Crippen LogP contribution in [0, 0.1) is 11.3 Å². The fraction of sp³-hybridized carbons (Fsp3) is 0. The first kappa shape index (κ1) is 8.86. The number of nitriles is 1. The number of aromatic amines is 1. The molecule has 0 bridgehead atoms. The Morgan fingerprint density at radius 3 is 2.64 bits per heavy atom. The number of aromatic nitrogens is 1. The van der Waals surface area contributed by atoms with Gasteiger partial charge in [-0.05, 0) is 12.1 Å². The first-order chi connectivity index (χ1) is 6.83. The second-order valence-corrected chi connectivity index (χ2v) is 3.27. The molecule has 0 spiro atoms. The van der Waals surface area contributed by atoms with E-state index in [2.05, 4.69) is 11.1 Å². The van der Waals surface area contributed by atoms with Crippen LogP contribution in [0.25, 0.3) is 11.1 Å². The fourth-order valence-corrected chi connectivity index (χ4v) is 1.60. The molecule has 14 heavy (non-hydrogen) atoms. The molecule has 1 heterocycles. The van der Waals surface area contributed by atoms with Crippen LogP contribution in [0.4, 0.5) is 0 Å². The van der Waals surface area contributed by atoms with Crippen molar-refractivity contribution >= 4 is 11.6 Å². The van der Waals surface area contributed by atoms with E-state index in [-0.39, 0.29) is 0 Å². The Morgan fingerprint density at radius 2 is 1.93 bits per heavy atom. The number of hydrogen-bond acceptors (Lipinski definition) is 1. The van der Waals surface area contributed by atoms with Crippen molar-refractivity contribution in [2.75, 3.05) is 0 Å². The molecule has 2 nitrogen and oxygen atoms in total. The zero-order valence-electron chi connectivity index (χ0n) is 7.29. The number of hydrogen-bond donors (Lipinski definition) is 1. The van der Waals surface area contributed by atoms with Gasteiger partial charge in [-0.2, -0.15) is 5.26 Å². The molecule has 2 rings (SSSR count). The minimum atomic E-state index is 0.540. The van der Waals surface area contributed by atoms with Gasteiger partial charge in [-0.1, -0.05) is 29.8 Å². The fourth-order valence-electron chi connectivity index (χ4n) is 1.37. The third kappa shape index (κ3) is 1.39. The van der Waals surface area contributed by atoms with Gasteiger partial charge in [0, 0.05) is 22.3 Å². The summed E-state index contributed by atoms with van der Waals surface area (Å²) in [7, 11) is 0. The van der Waals surface area contributed by atoms with Crippen molar-refractivity contribution in [1.82, 2.24) is 4.98 Å². The average molecular weight is 203 g/mol. The lowest BCUT2D eigenvalue weighted by Crippen LogP contribution is -1.80. The van der Waals surface area contributed by atoms with E-state index in [9.17, 15) is 0 Å². The Balaban J connectivity index is 2.62. The number of rotatable bonds is 1. The first-order valence-corrected chi connectivity index (χ1v) is 4.53. The molecule has 0 aliphatic rings. The number of benzene rings is 1. The van der Waals surface area contributed by atoms with Crippen LogP contribution in [0.2, 0.25) is 5.02 Å². The molecule has 1 N–H and O–H groups in total. The Bertz CT molecular complexity index is 494. The predicted octanol–water partition coefficient (Wildman–Crippen LogP) is 3.21. The molecule has 2 aromatic rings. The molecule has 0 saturated heterocycles. The van der Waals surface area contributed by atoms with Gasteiger partial charge in [-0.3, -0.25) is 0 Å². The Labute approximate surface area is 86.8 Å². The Kier molecular flexibility index (Phi) is 2.26. The topological polar surface area (TPSA) is 39.6 Å². The smallest absolute Gasteiger partial charge is 0.125 e. The highest BCUT2D eigenvalue weighted by molar-refractivity contribution is 6.33. The molecule has 0 aliphatic heterocycles. The minimum absolute atomic E-state index is 0.540. The lowest BCUT2D eigenvalue weighted by molar-refractivity contribution is 1.33. The molecule has 0 fully saturated rings. The molecule has 0 atom stereocenters. The van der Waals surface area contributed by atoms with Crippen molar-refractivity contribution in [1.29, 1.82) is 5.26 Å². The van der Waals surface area contributed by atoms with E-state index in [1.807, 2.05) is 30.3 Å². The maximum Gasteiger partial charge on any atom is 0.125 e. The molecule has 0 radical (unpaired) electrons. The molecule has 1 aromatic carbocycles. The molecule has 1 aromatic heterocycles. The van der Waals surface area contributed by atoms with Gasteiger partial charge in [0.1, 0.15) is 11.8 Å². The van der Waals surface area contributed by atoms with Crippen LogP contribution in [-0.2, 0) is 0 Å². The molecule has 0 unspecified atom stereocenters. The predicted molar refractivity (Wildman–Crippen MR) is 56.0 cm³/mol. The lowest BCUT2D eigenvalue weighted by Gasteiger charge is -2.00. The summed E-state index contributed by atoms with van der Waals surface area (Å²) in [5, 5.41) is 9.49. The summed E-state index contributed by atoms with van der Waals surface area (Å²) >= 11 is 6.02. The van der Waals surface area contributed by atoms with Gasteiger partial charge in [-0.25, -0.2) is 0 Å². The quantitative estimate of drug-likeness (QED) is 0.758. The van der Waals surface area contributed by atoms with Gasteiger partial charge in [0.2, 0.25) is 0 Å². The highest BCUT2D eigenvalue weighted by Gasteiger charge is 2.07. The van der Waals surface area contributed by atoms with Crippen molar-refractivity contribution in [3.63, 3.8) is 0 Å². The largest absolute Gasteiger partial charge is 0.353 e. The maximum atomic E-state index is 8.84. The number of nitrogens with zero attached hydrogens (tertiary/aromatic N) is 1. The van der Waals surface area contributed by atoms with E-state index in [0.29, 0.717) is 10.7 Å². The van der Waals surface area contributed by atoms with Gasteiger partial charge in [0.05, 0.1) is 0 Å². The average Bonchev–Trinajstić information content (AvgIpc) is 2.66. The van der Waals surface area contributed by atoms with E-state index in [1.165, 1.54) is 0 Å². The third-order valence-electron chi connectivity index (χ3n) is 2.02. The van der Waals surface area contributed by atoms with Gasteiger partial charge >= 0.3 is 0 Å². The zero-order valence-corrected chi connectivity index (χ0v) is 8.05. The van der Waals surface area contributed by atoms with Crippen molar-refractivity contribution < 1.29 is 0 Å². The summed E-state index contributed by atoms with van der Waals surface area (Å²) in [6.07, 6.45) is 1.73. The third-order valence-corrected chi connectivity index (χ3v) is 2.35. The molecular formula is C11H7ClN2. The van der Waals surface area contributed by atoms with Crippen molar-refractivity contribution in [2.24, 2.45) is 0 Å². The van der Waals surface area contributed by atoms with E-state index in [0.717, 1.165) is 11.1 Å². The standard InChI is InChI=1S/C11H7ClN2/c12-10-4-2-1-3-8(10)9-5-6-14-11(9)7-13/h1-6,14H. The molecular weight excluding hydrogens is 196 g/mol. The summed E-state index contributed by atoms with van der Waals surface area (Å²) in [5.74, 6) is 0. The number of nitrogens with one attached hydrogen (secondary N) is 1. The normalized spacial score (nSPS) is 9.71. The van der Waals surface area contributed by atoms with Crippen LogP contribution in [0.5, 0.6) is 0 Å². The SMILES string of the molecule is N#Cc1[nH]ccc1-c1ccccc1Cl. The summed E-state index contributed by atoms with van der Waals surface area (Å²) < 4.78 is 0. The molecule has 68 valence electrons. The van der Waals surface area contributed by atoms with Crippen molar-refractivity contribution in [2.45, 2.75) is 0 Å². The van der Waals surface area contributed by atoms with Gasteiger partial charge in [0.15, 0.2) is 0 Å². The zero-order chi connectivity index (χ0) is 9.97. The number of halogens is 1. The first-order valence-electron chi connectivity index (χ1n) is 4.15. The van der Waals surface area contributed by atoms with Gasteiger partial charge in [-0.15, -0.1) is 0 Å². The summed E-state index contributed by atoms with van der Waals surface area (Å²) in [4.78, 5) is 2.86. The van der Waals surface area contributed by atoms with Gasteiger partial charge in [0.25, 0.3) is 0 Å². The molecule has 0 saturated carbocycles. The van der Waals surface area contributed by atoms with E-state index < -0.39 is 0 Å². The van der Waals surface area contributed by atoms with Gasteiger partial charge < -0.3 is 4.98 Å². The summed E-state index contributed by atoms with van der Waals surface area (Å²) in [6.45, 7) is 0. The number of H-pyrrole nitrogens is 1. The van der Waals surface area contributed by atoms with Crippen LogP contribution >= 0.6 is 11.6 Å². The van der Waals surface area contributed by atoms with Crippen molar-refractivity contribution in [3.8, 4) is 17.2 Å². The van der Waals surface area contributed by atoms with Crippen LogP contribution < -0.4 is 0 Å². The summed E-state index contributed by atoms with van der Waals surface area (Å²) in [6, 6.07) is 11.4. The van der Waals surface area contributed by atoms with Crippen LogP contribution in [0.1, 0.15) is 5.69 Å². The molecule has 0 aliphatic carbocycles. The highest BCUT2D eigenvalue weighted by atomic mass is 35.5. The van der Waals surface area contributed by atoms with E-state index in [1.54, 1.807) is 6.20 Å². The van der Waals surface area contributed by atoms with E-state index >= 15 is 0 Å². The monoisotopic (exact) mass is 202 g/mol.